The number of nitrogens with one attached hydrogen (secondary N) is 1. The van der Waals surface area contributed by atoms with Gasteiger partial charge < -0.3 is 14.8 Å². The van der Waals surface area contributed by atoms with Gasteiger partial charge in [-0.2, -0.15) is 0 Å². The minimum Gasteiger partial charge on any atom is -0.490 e. The van der Waals surface area contributed by atoms with E-state index in [1.165, 1.54) is 12.1 Å². The Labute approximate surface area is 155 Å². The molecule has 0 aliphatic carbocycles. The molecular weight excluding hydrogens is 351 g/mol. The third-order valence-corrected chi connectivity index (χ3v) is 4.85. The Bertz CT molecular complexity index is 899. The number of hydrogen-bond acceptors (Lipinski definition) is 4. The molecule has 1 fully saturated rings. The topological polar surface area (TPSA) is 67.9 Å². The fraction of sp³-hybridized carbons (Fsp3) is 0.300. The highest BCUT2D eigenvalue weighted by atomic mass is 19.1. The zero-order valence-corrected chi connectivity index (χ0v) is 14.8. The average molecular weight is 370 g/mol. The molecule has 0 radical (unpaired) electrons. The lowest BCUT2D eigenvalue weighted by molar-refractivity contribution is -0.131. The van der Waals surface area contributed by atoms with Crippen LogP contribution in [0.15, 0.2) is 42.5 Å². The van der Waals surface area contributed by atoms with Gasteiger partial charge in [0.1, 0.15) is 11.4 Å². The van der Waals surface area contributed by atoms with E-state index >= 15 is 0 Å². The van der Waals surface area contributed by atoms with Crippen LogP contribution >= 0.6 is 0 Å². The molecule has 0 saturated carbocycles. The Balaban J connectivity index is 1.61. The zero-order valence-electron chi connectivity index (χ0n) is 14.8. The molecule has 1 N–H and O–H groups in total. The smallest absolute Gasteiger partial charge is 0.325 e. The monoisotopic (exact) mass is 370 g/mol. The molecule has 3 amide bonds. The Hall–Kier alpha value is -3.09. The number of halogens is 1. The van der Waals surface area contributed by atoms with Crippen molar-refractivity contribution < 1.29 is 23.5 Å². The van der Waals surface area contributed by atoms with Gasteiger partial charge in [0.25, 0.3) is 5.91 Å². The van der Waals surface area contributed by atoms with Crippen LogP contribution in [0.2, 0.25) is 0 Å². The van der Waals surface area contributed by atoms with Crippen LogP contribution in [-0.4, -0.2) is 30.1 Å². The number of rotatable bonds is 3. The third-order valence-electron chi connectivity index (χ3n) is 4.85. The number of carbonyl (C=O) groups is 2. The molecule has 140 valence electrons. The molecule has 0 aromatic heterocycles. The van der Waals surface area contributed by atoms with Gasteiger partial charge in [0.2, 0.25) is 0 Å². The average Bonchev–Trinajstić information content (AvgIpc) is 2.84. The number of nitrogens with zero attached hydrogens (tertiary/aromatic N) is 1. The Morgan fingerprint density at radius 2 is 1.78 bits per heavy atom. The summed E-state index contributed by atoms with van der Waals surface area (Å²) in [5.41, 5.74) is 0.0801. The van der Waals surface area contributed by atoms with E-state index in [1.54, 1.807) is 37.3 Å². The van der Waals surface area contributed by atoms with E-state index in [0.717, 1.165) is 11.3 Å². The lowest BCUT2D eigenvalue weighted by Crippen LogP contribution is -2.40. The van der Waals surface area contributed by atoms with Crippen molar-refractivity contribution in [2.75, 3.05) is 13.2 Å². The fourth-order valence-corrected chi connectivity index (χ4v) is 3.28. The molecule has 7 heteroatoms. The van der Waals surface area contributed by atoms with Gasteiger partial charge in [0, 0.05) is 6.42 Å². The van der Waals surface area contributed by atoms with Crippen molar-refractivity contribution in [3.63, 3.8) is 0 Å². The van der Waals surface area contributed by atoms with Gasteiger partial charge in [-0.15, -0.1) is 0 Å². The summed E-state index contributed by atoms with van der Waals surface area (Å²) < 4.78 is 24.4. The summed E-state index contributed by atoms with van der Waals surface area (Å²) in [6, 6.07) is 10.5. The van der Waals surface area contributed by atoms with E-state index in [0.29, 0.717) is 35.8 Å². The van der Waals surface area contributed by atoms with Crippen LogP contribution in [0.1, 0.15) is 24.5 Å². The molecule has 2 aliphatic rings. The third kappa shape index (κ3) is 3.09. The highest BCUT2D eigenvalue weighted by Gasteiger charge is 2.49. The van der Waals surface area contributed by atoms with Crippen LogP contribution in [0, 0.1) is 5.82 Å². The van der Waals surface area contributed by atoms with Crippen LogP contribution in [0.5, 0.6) is 11.5 Å². The first-order valence-corrected chi connectivity index (χ1v) is 8.76. The maximum atomic E-state index is 13.1. The summed E-state index contributed by atoms with van der Waals surface area (Å²) in [5.74, 6) is 0.448. The molecule has 2 aromatic carbocycles. The van der Waals surface area contributed by atoms with Gasteiger partial charge in [-0.25, -0.2) is 9.18 Å². The molecule has 6 nitrogen and oxygen atoms in total. The van der Waals surface area contributed by atoms with Crippen LogP contribution in [0.25, 0.3) is 0 Å². The van der Waals surface area contributed by atoms with E-state index in [-0.39, 0.29) is 18.3 Å². The predicted molar refractivity (Wildman–Crippen MR) is 94.9 cm³/mol. The number of fused-ring (bicyclic) bond motifs is 1. The van der Waals surface area contributed by atoms with Crippen molar-refractivity contribution >= 4 is 11.9 Å². The van der Waals surface area contributed by atoms with E-state index < -0.39 is 11.6 Å². The first-order chi connectivity index (χ1) is 13.0. The highest BCUT2D eigenvalue weighted by Crippen LogP contribution is 2.37. The number of imide groups is 1. The molecule has 0 spiro atoms. The van der Waals surface area contributed by atoms with Crippen molar-refractivity contribution in [3.8, 4) is 11.5 Å². The number of amides is 3. The van der Waals surface area contributed by atoms with E-state index in [1.807, 2.05) is 0 Å². The summed E-state index contributed by atoms with van der Waals surface area (Å²) in [6.07, 6.45) is 0.780. The molecular formula is C20H19FN2O4. The van der Waals surface area contributed by atoms with Gasteiger partial charge in [-0.1, -0.05) is 18.2 Å². The molecule has 2 aromatic rings. The molecule has 4 rings (SSSR count). The largest absolute Gasteiger partial charge is 0.490 e. The van der Waals surface area contributed by atoms with Gasteiger partial charge in [0.05, 0.1) is 19.8 Å². The Kier molecular flexibility index (Phi) is 4.22. The first kappa shape index (κ1) is 17.3. The first-order valence-electron chi connectivity index (χ1n) is 8.76. The second-order valence-electron chi connectivity index (χ2n) is 6.78. The standard InChI is InChI=1S/C20H19FN2O4/c1-20(14-5-8-16-17(11-14)27-10-2-9-26-16)18(24)23(19(25)22-20)12-13-3-6-15(21)7-4-13/h3-8,11H,2,9-10,12H2,1H3,(H,22,25). The summed E-state index contributed by atoms with van der Waals surface area (Å²) >= 11 is 0. The molecule has 2 heterocycles. The summed E-state index contributed by atoms with van der Waals surface area (Å²) in [6.45, 7) is 2.84. The van der Waals surface area contributed by atoms with Crippen molar-refractivity contribution in [1.82, 2.24) is 10.2 Å². The Morgan fingerprint density at radius 3 is 2.52 bits per heavy atom. The minimum atomic E-state index is -1.21. The van der Waals surface area contributed by atoms with Crippen molar-refractivity contribution in [3.05, 3.63) is 59.4 Å². The summed E-state index contributed by atoms with van der Waals surface area (Å²) in [4.78, 5) is 26.6. The van der Waals surface area contributed by atoms with E-state index in [2.05, 4.69) is 5.32 Å². The summed E-state index contributed by atoms with van der Waals surface area (Å²) in [5, 5.41) is 2.77. The van der Waals surface area contributed by atoms with Crippen LogP contribution in [0.4, 0.5) is 9.18 Å². The number of carbonyl (C=O) groups excluding carboxylic acids is 2. The second kappa shape index (κ2) is 6.57. The van der Waals surface area contributed by atoms with Gasteiger partial charge >= 0.3 is 6.03 Å². The normalized spacial score (nSPS) is 21.8. The number of urea groups is 1. The highest BCUT2D eigenvalue weighted by molar-refractivity contribution is 6.07. The second-order valence-corrected chi connectivity index (χ2v) is 6.78. The van der Waals surface area contributed by atoms with E-state index in [9.17, 15) is 14.0 Å². The van der Waals surface area contributed by atoms with Gasteiger partial charge in [-0.05, 0) is 42.3 Å². The van der Waals surface area contributed by atoms with Gasteiger partial charge in [0.15, 0.2) is 11.5 Å². The maximum absolute atomic E-state index is 13.1. The van der Waals surface area contributed by atoms with Crippen LogP contribution in [0.3, 0.4) is 0 Å². The Morgan fingerprint density at radius 1 is 1.07 bits per heavy atom. The maximum Gasteiger partial charge on any atom is 0.325 e. The molecule has 27 heavy (non-hydrogen) atoms. The minimum absolute atomic E-state index is 0.0745. The SMILES string of the molecule is CC1(c2ccc3c(c2)OCCCO3)NC(=O)N(Cc2ccc(F)cc2)C1=O. The van der Waals surface area contributed by atoms with Gasteiger partial charge in [-0.3, -0.25) is 9.69 Å². The molecule has 1 atom stereocenters. The zero-order chi connectivity index (χ0) is 19.0. The molecule has 1 unspecified atom stereocenters. The molecule has 2 aliphatic heterocycles. The lowest BCUT2D eigenvalue weighted by atomic mass is 9.91. The quantitative estimate of drug-likeness (QED) is 0.844. The number of hydrogen-bond donors (Lipinski definition) is 1. The number of benzene rings is 2. The van der Waals surface area contributed by atoms with E-state index in [4.69, 9.17) is 9.47 Å². The lowest BCUT2D eigenvalue weighted by Gasteiger charge is -2.23. The molecule has 1 saturated heterocycles. The fourth-order valence-electron chi connectivity index (χ4n) is 3.28. The van der Waals surface area contributed by atoms with Crippen LogP contribution < -0.4 is 14.8 Å². The van der Waals surface area contributed by atoms with Crippen LogP contribution in [-0.2, 0) is 16.9 Å². The summed E-state index contributed by atoms with van der Waals surface area (Å²) in [7, 11) is 0. The number of ether oxygens (including phenoxy) is 2. The van der Waals surface area contributed by atoms with Crippen molar-refractivity contribution in [2.45, 2.75) is 25.4 Å². The van der Waals surface area contributed by atoms with Crippen molar-refractivity contribution in [2.24, 2.45) is 0 Å². The predicted octanol–water partition coefficient (Wildman–Crippen LogP) is 2.95. The molecule has 0 bridgehead atoms. The van der Waals surface area contributed by atoms with Crippen molar-refractivity contribution in [1.29, 1.82) is 0 Å².